The fourth-order valence-electron chi connectivity index (χ4n) is 0. The van der Waals surface area contributed by atoms with Crippen molar-refractivity contribution in [3.8, 4) is 0 Å². The van der Waals surface area contributed by atoms with E-state index in [4.69, 9.17) is 66.5 Å². The maximum Gasteiger partial charge on any atom is 0.376 e. The highest BCUT2D eigenvalue weighted by molar-refractivity contribution is 8.10. The van der Waals surface area contributed by atoms with Crippen LogP contribution in [-0.4, -0.2) is 25.1 Å². The Morgan fingerprint density at radius 1 is 0.727 bits per heavy atom. The van der Waals surface area contributed by atoms with Gasteiger partial charge in [0.1, 0.15) is 0 Å². The van der Waals surface area contributed by atoms with Crippen molar-refractivity contribution in [3.05, 3.63) is 0 Å². The standard InChI is InChI=1S/C2H7N.Cl6Si2/c1-3-2;1-7(2,3)8(4,5)6/h3H,1-2H3;. The molecule has 0 fully saturated rings. The molecule has 0 atom stereocenters. The predicted molar refractivity (Wildman–Crippen MR) is 61.6 cm³/mol. The van der Waals surface area contributed by atoms with Crippen molar-refractivity contribution in [1.82, 2.24) is 5.32 Å². The first kappa shape index (κ1) is 15.6. The summed E-state index contributed by atoms with van der Waals surface area (Å²) in [5.41, 5.74) is -6.01. The van der Waals surface area contributed by atoms with Crippen LogP contribution < -0.4 is 5.32 Å². The molecule has 0 radical (unpaired) electrons. The Bertz CT molecular complexity index is 83.7. The predicted octanol–water partition coefficient (Wildman–Crippen LogP) is 3.21. The van der Waals surface area contributed by atoms with Crippen LogP contribution in [0.5, 0.6) is 0 Å². The molecular weight excluding hydrogens is 307 g/mol. The van der Waals surface area contributed by atoms with Crippen LogP contribution in [0.2, 0.25) is 0 Å². The monoisotopic (exact) mass is 311 g/mol. The molecular formula is C2H7Cl6NSi2. The fraction of sp³-hybridized carbons (Fsp3) is 1.00. The number of hydrogen-bond acceptors (Lipinski definition) is 1. The van der Waals surface area contributed by atoms with Crippen molar-refractivity contribution in [3.63, 3.8) is 0 Å². The van der Waals surface area contributed by atoms with Gasteiger partial charge in [0, 0.05) is 0 Å². The van der Waals surface area contributed by atoms with Crippen LogP contribution in [0.3, 0.4) is 0 Å². The van der Waals surface area contributed by atoms with Crippen LogP contribution in [0.4, 0.5) is 0 Å². The van der Waals surface area contributed by atoms with Crippen LogP contribution in [0.25, 0.3) is 0 Å². The minimum absolute atomic E-state index is 1.88. The van der Waals surface area contributed by atoms with Crippen molar-refractivity contribution in [2.75, 3.05) is 14.1 Å². The minimum atomic E-state index is -3.01. The van der Waals surface area contributed by atoms with E-state index in [1.807, 2.05) is 14.1 Å². The molecule has 0 saturated heterocycles. The molecule has 1 N–H and O–H groups in total. The van der Waals surface area contributed by atoms with Gasteiger partial charge < -0.3 is 5.32 Å². The Balaban J connectivity index is 0. The van der Waals surface area contributed by atoms with Crippen molar-refractivity contribution in [1.29, 1.82) is 0 Å². The van der Waals surface area contributed by atoms with E-state index in [9.17, 15) is 0 Å². The van der Waals surface area contributed by atoms with Crippen LogP contribution in [-0.2, 0) is 0 Å². The Labute approximate surface area is 96.3 Å². The van der Waals surface area contributed by atoms with Gasteiger partial charge in [-0.2, -0.15) is 0 Å². The lowest BCUT2D eigenvalue weighted by Crippen LogP contribution is -2.36. The average Bonchev–Trinajstić information content (AvgIpc) is 1.60. The molecule has 0 rings (SSSR count). The molecule has 70 valence electrons. The van der Waals surface area contributed by atoms with E-state index in [0.29, 0.717) is 0 Å². The van der Waals surface area contributed by atoms with Gasteiger partial charge in [-0.25, -0.2) is 0 Å². The first-order valence-electron chi connectivity index (χ1n) is 2.38. The molecule has 0 bridgehead atoms. The van der Waals surface area contributed by atoms with Crippen molar-refractivity contribution < 1.29 is 0 Å². The summed E-state index contributed by atoms with van der Waals surface area (Å²) in [6, 6.07) is 0. The summed E-state index contributed by atoms with van der Waals surface area (Å²) in [6.45, 7) is 0. The van der Waals surface area contributed by atoms with Crippen LogP contribution >= 0.6 is 66.5 Å². The van der Waals surface area contributed by atoms with Gasteiger partial charge in [-0.1, -0.05) is 0 Å². The third-order valence-electron chi connectivity index (χ3n) is 0.321. The van der Waals surface area contributed by atoms with Gasteiger partial charge in [-0.05, 0) is 14.1 Å². The van der Waals surface area contributed by atoms with Gasteiger partial charge in [0.15, 0.2) is 0 Å². The molecule has 0 heterocycles. The highest BCUT2D eigenvalue weighted by atomic mass is 35.9. The SMILES string of the molecule is CNC.Cl[Si](Cl)(Cl)[Si](Cl)(Cl)Cl. The third-order valence-corrected chi connectivity index (χ3v) is 26.0. The van der Waals surface area contributed by atoms with E-state index in [-0.39, 0.29) is 0 Å². The molecule has 0 aliphatic heterocycles. The smallest absolute Gasteiger partial charge is 0.323 e. The van der Waals surface area contributed by atoms with Gasteiger partial charge in [0.25, 0.3) is 0 Å². The Morgan fingerprint density at radius 2 is 0.818 bits per heavy atom. The van der Waals surface area contributed by atoms with E-state index < -0.39 is 11.0 Å². The van der Waals surface area contributed by atoms with Gasteiger partial charge >= 0.3 is 11.0 Å². The molecule has 0 aromatic carbocycles. The number of nitrogens with one attached hydrogen (secondary N) is 1. The molecule has 0 aromatic rings. The molecule has 0 amide bonds. The lowest BCUT2D eigenvalue weighted by atomic mass is 11.3. The summed E-state index contributed by atoms with van der Waals surface area (Å²) >= 11 is 32.1. The van der Waals surface area contributed by atoms with Gasteiger partial charge in [0.05, 0.1) is 0 Å². The zero-order valence-electron chi connectivity index (χ0n) is 5.77. The summed E-state index contributed by atoms with van der Waals surface area (Å²) in [4.78, 5) is 0. The molecule has 9 heteroatoms. The highest BCUT2D eigenvalue weighted by Crippen LogP contribution is 2.39. The van der Waals surface area contributed by atoms with E-state index in [2.05, 4.69) is 5.32 Å². The molecule has 0 unspecified atom stereocenters. The first-order valence-corrected chi connectivity index (χ1v) is 13.5. The van der Waals surface area contributed by atoms with E-state index >= 15 is 0 Å². The van der Waals surface area contributed by atoms with Crippen molar-refractivity contribution >= 4 is 77.5 Å². The topological polar surface area (TPSA) is 12.0 Å². The zero-order valence-corrected chi connectivity index (χ0v) is 12.3. The first-order chi connectivity index (χ1) is 4.66. The van der Waals surface area contributed by atoms with Crippen LogP contribution in [0.15, 0.2) is 0 Å². The normalized spacial score (nSPS) is 12.0. The number of halogens is 6. The number of hydrogen-bond donors (Lipinski definition) is 1. The van der Waals surface area contributed by atoms with Crippen LogP contribution in [0.1, 0.15) is 0 Å². The van der Waals surface area contributed by atoms with Gasteiger partial charge in [-0.15, -0.1) is 66.5 Å². The fourth-order valence-corrected chi connectivity index (χ4v) is 0. The lowest BCUT2D eigenvalue weighted by Gasteiger charge is -2.12. The summed E-state index contributed by atoms with van der Waals surface area (Å²) in [7, 11) is 3.75. The molecule has 0 spiro atoms. The van der Waals surface area contributed by atoms with E-state index in [1.165, 1.54) is 0 Å². The summed E-state index contributed by atoms with van der Waals surface area (Å²) < 4.78 is 0. The second-order valence-electron chi connectivity index (χ2n) is 1.50. The largest absolute Gasteiger partial charge is 0.376 e. The second kappa shape index (κ2) is 6.57. The lowest BCUT2D eigenvalue weighted by molar-refractivity contribution is 1.02. The van der Waals surface area contributed by atoms with E-state index in [1.54, 1.807) is 0 Å². The third kappa shape index (κ3) is 10.1. The minimum Gasteiger partial charge on any atom is -0.323 e. The van der Waals surface area contributed by atoms with Crippen molar-refractivity contribution in [2.24, 2.45) is 0 Å². The van der Waals surface area contributed by atoms with E-state index in [0.717, 1.165) is 0 Å². The summed E-state index contributed by atoms with van der Waals surface area (Å²) in [6.07, 6.45) is 0. The Kier molecular flexibility index (Phi) is 9.31. The molecule has 11 heavy (non-hydrogen) atoms. The second-order valence-corrected chi connectivity index (χ2v) is 27.4. The molecule has 1 nitrogen and oxygen atoms in total. The number of rotatable bonds is 1. The molecule has 0 aliphatic rings. The van der Waals surface area contributed by atoms with Gasteiger partial charge in [0.2, 0.25) is 0 Å². The maximum absolute atomic E-state index is 5.34. The molecule has 0 saturated carbocycles. The Hall–Kier alpha value is 2.13. The maximum atomic E-state index is 5.34. The average molecular weight is 314 g/mol. The highest BCUT2D eigenvalue weighted by Gasteiger charge is 2.52. The Morgan fingerprint density at radius 3 is 0.818 bits per heavy atom. The van der Waals surface area contributed by atoms with Gasteiger partial charge in [-0.3, -0.25) is 0 Å². The van der Waals surface area contributed by atoms with Crippen molar-refractivity contribution in [2.45, 2.75) is 0 Å². The summed E-state index contributed by atoms with van der Waals surface area (Å²) in [5, 5.41) is 2.75. The quantitative estimate of drug-likeness (QED) is 0.579. The zero-order chi connectivity index (χ0) is 9.71. The molecule has 0 aliphatic carbocycles. The molecule has 0 aromatic heterocycles. The van der Waals surface area contributed by atoms with Crippen LogP contribution in [0, 0.1) is 0 Å². The summed E-state index contributed by atoms with van der Waals surface area (Å²) in [5.74, 6) is 0.